The van der Waals surface area contributed by atoms with E-state index in [2.05, 4.69) is 19.2 Å². The summed E-state index contributed by atoms with van der Waals surface area (Å²) in [5, 5.41) is 3.33. The highest BCUT2D eigenvalue weighted by atomic mass is 16.5. The van der Waals surface area contributed by atoms with E-state index in [1.165, 1.54) is 19.3 Å². The third kappa shape index (κ3) is 6.05. The van der Waals surface area contributed by atoms with Gasteiger partial charge in [-0.25, -0.2) is 0 Å². The maximum Gasteiger partial charge on any atom is 0.0503 e. The van der Waals surface area contributed by atoms with Crippen molar-refractivity contribution in [3.63, 3.8) is 0 Å². The molecule has 2 nitrogen and oxygen atoms in total. The third-order valence-corrected chi connectivity index (χ3v) is 2.51. The van der Waals surface area contributed by atoms with E-state index in [9.17, 15) is 0 Å². The van der Waals surface area contributed by atoms with Gasteiger partial charge in [0.2, 0.25) is 0 Å². The number of hydrogen-bond acceptors (Lipinski definition) is 2. The largest absolute Gasteiger partial charge is 0.381 e. The van der Waals surface area contributed by atoms with Gasteiger partial charge in [-0.05, 0) is 31.3 Å². The summed E-state index contributed by atoms with van der Waals surface area (Å²) in [4.78, 5) is 0. The van der Waals surface area contributed by atoms with Crippen LogP contribution in [0.3, 0.4) is 0 Å². The maximum atomic E-state index is 5.60. The van der Waals surface area contributed by atoms with Crippen LogP contribution < -0.4 is 5.32 Å². The Bertz CT molecular complexity index is 123. The van der Waals surface area contributed by atoms with Crippen molar-refractivity contribution in [1.29, 1.82) is 0 Å². The van der Waals surface area contributed by atoms with E-state index in [0.717, 1.165) is 32.2 Å². The van der Waals surface area contributed by atoms with Crippen molar-refractivity contribution in [3.8, 4) is 0 Å². The molecule has 1 N–H and O–H groups in total. The number of hydrogen-bond donors (Lipinski definition) is 1. The monoisotopic (exact) mass is 185 g/mol. The average Bonchev–Trinajstić information content (AvgIpc) is 2.92. The van der Waals surface area contributed by atoms with Crippen LogP contribution in [0.15, 0.2) is 0 Å². The molecule has 78 valence electrons. The summed E-state index contributed by atoms with van der Waals surface area (Å²) in [6.07, 6.45) is 4.17. The van der Waals surface area contributed by atoms with Crippen molar-refractivity contribution in [2.45, 2.75) is 33.1 Å². The van der Waals surface area contributed by atoms with E-state index < -0.39 is 0 Å². The quantitative estimate of drug-likeness (QED) is 0.584. The zero-order chi connectivity index (χ0) is 9.52. The van der Waals surface area contributed by atoms with Crippen molar-refractivity contribution in [3.05, 3.63) is 0 Å². The summed E-state index contributed by atoms with van der Waals surface area (Å²) in [7, 11) is 0. The second-order valence-corrected chi connectivity index (χ2v) is 4.22. The summed E-state index contributed by atoms with van der Waals surface area (Å²) in [5.74, 6) is 1.66. The second-order valence-electron chi connectivity index (χ2n) is 4.22. The van der Waals surface area contributed by atoms with Crippen molar-refractivity contribution in [2.75, 3.05) is 26.3 Å². The van der Waals surface area contributed by atoms with Gasteiger partial charge in [0.05, 0.1) is 6.61 Å². The second kappa shape index (κ2) is 6.39. The summed E-state index contributed by atoms with van der Waals surface area (Å²) in [6, 6.07) is 0. The van der Waals surface area contributed by atoms with Gasteiger partial charge in [0.1, 0.15) is 0 Å². The van der Waals surface area contributed by atoms with Crippen LogP contribution in [0.1, 0.15) is 33.1 Å². The molecule has 0 amide bonds. The van der Waals surface area contributed by atoms with Gasteiger partial charge in [-0.2, -0.15) is 0 Å². The molecule has 0 aliphatic heterocycles. The number of rotatable bonds is 8. The Labute approximate surface area is 82.0 Å². The molecule has 0 aromatic rings. The van der Waals surface area contributed by atoms with E-state index in [1.807, 2.05) is 0 Å². The van der Waals surface area contributed by atoms with E-state index in [1.54, 1.807) is 0 Å². The van der Waals surface area contributed by atoms with Crippen molar-refractivity contribution >= 4 is 0 Å². The van der Waals surface area contributed by atoms with Crippen molar-refractivity contribution < 1.29 is 4.74 Å². The van der Waals surface area contributed by atoms with E-state index in [-0.39, 0.29) is 0 Å². The molecule has 1 aliphatic carbocycles. The molecular weight excluding hydrogens is 162 g/mol. The molecule has 0 heterocycles. The first-order chi connectivity index (χ1) is 6.33. The Kier molecular flexibility index (Phi) is 5.40. The zero-order valence-electron chi connectivity index (χ0n) is 9.01. The molecule has 1 fully saturated rings. The fourth-order valence-corrected chi connectivity index (χ4v) is 1.39. The standard InChI is InChI=1S/C11H23NO/c1-3-12-8-10(2)9-13-7-6-11-4-5-11/h10-12H,3-9H2,1-2H3. The molecule has 1 rings (SSSR count). The van der Waals surface area contributed by atoms with Gasteiger partial charge >= 0.3 is 0 Å². The van der Waals surface area contributed by atoms with Gasteiger partial charge < -0.3 is 10.1 Å². The lowest BCUT2D eigenvalue weighted by molar-refractivity contribution is 0.0996. The van der Waals surface area contributed by atoms with Gasteiger partial charge in [0.25, 0.3) is 0 Å². The van der Waals surface area contributed by atoms with Crippen LogP contribution in [0.2, 0.25) is 0 Å². The molecule has 0 bridgehead atoms. The lowest BCUT2D eigenvalue weighted by atomic mass is 10.2. The molecule has 0 aromatic heterocycles. The lowest BCUT2D eigenvalue weighted by Crippen LogP contribution is -2.23. The van der Waals surface area contributed by atoms with Crippen LogP contribution >= 0.6 is 0 Å². The molecule has 1 saturated carbocycles. The summed E-state index contributed by atoms with van der Waals surface area (Å²) in [6.45, 7) is 8.41. The number of ether oxygens (including phenoxy) is 1. The molecule has 0 radical (unpaired) electrons. The van der Waals surface area contributed by atoms with Crippen LogP contribution in [-0.4, -0.2) is 26.3 Å². The molecule has 0 aromatic carbocycles. The van der Waals surface area contributed by atoms with E-state index in [0.29, 0.717) is 5.92 Å². The van der Waals surface area contributed by atoms with Gasteiger partial charge in [0.15, 0.2) is 0 Å². The Hall–Kier alpha value is -0.0800. The average molecular weight is 185 g/mol. The minimum Gasteiger partial charge on any atom is -0.381 e. The van der Waals surface area contributed by atoms with Gasteiger partial charge in [0, 0.05) is 6.61 Å². The predicted octanol–water partition coefficient (Wildman–Crippen LogP) is 2.05. The molecule has 1 atom stereocenters. The molecule has 0 saturated heterocycles. The van der Waals surface area contributed by atoms with Gasteiger partial charge in [-0.15, -0.1) is 0 Å². The third-order valence-electron chi connectivity index (χ3n) is 2.51. The first-order valence-corrected chi connectivity index (χ1v) is 5.61. The highest BCUT2D eigenvalue weighted by Gasteiger charge is 2.20. The molecule has 0 spiro atoms. The SMILES string of the molecule is CCNCC(C)COCCC1CC1. The fraction of sp³-hybridized carbons (Fsp3) is 1.00. The highest BCUT2D eigenvalue weighted by Crippen LogP contribution is 2.32. The van der Waals surface area contributed by atoms with Crippen molar-refractivity contribution in [1.82, 2.24) is 5.32 Å². The molecule has 1 unspecified atom stereocenters. The summed E-state index contributed by atoms with van der Waals surface area (Å²) in [5.41, 5.74) is 0. The maximum absolute atomic E-state index is 5.60. The minimum absolute atomic E-state index is 0.652. The Morgan fingerprint density at radius 1 is 1.46 bits per heavy atom. The van der Waals surface area contributed by atoms with E-state index >= 15 is 0 Å². The van der Waals surface area contributed by atoms with Crippen LogP contribution in [0.4, 0.5) is 0 Å². The van der Waals surface area contributed by atoms with Crippen LogP contribution in [0.5, 0.6) is 0 Å². The molecule has 1 aliphatic rings. The van der Waals surface area contributed by atoms with Crippen molar-refractivity contribution in [2.24, 2.45) is 11.8 Å². The summed E-state index contributed by atoms with van der Waals surface area (Å²) < 4.78 is 5.60. The Balaban J connectivity index is 1.79. The molecular formula is C11H23NO. The van der Waals surface area contributed by atoms with Crippen LogP contribution in [-0.2, 0) is 4.74 Å². The topological polar surface area (TPSA) is 21.3 Å². The lowest BCUT2D eigenvalue weighted by Gasteiger charge is -2.11. The molecule has 13 heavy (non-hydrogen) atoms. The Morgan fingerprint density at radius 3 is 2.85 bits per heavy atom. The normalized spacial score (nSPS) is 18.9. The predicted molar refractivity (Wildman–Crippen MR) is 55.9 cm³/mol. The number of nitrogens with one attached hydrogen (secondary N) is 1. The van der Waals surface area contributed by atoms with Gasteiger partial charge in [-0.1, -0.05) is 26.7 Å². The highest BCUT2D eigenvalue weighted by molar-refractivity contribution is 4.72. The van der Waals surface area contributed by atoms with E-state index in [4.69, 9.17) is 4.74 Å². The first kappa shape index (κ1) is 11.0. The fourth-order valence-electron chi connectivity index (χ4n) is 1.39. The van der Waals surface area contributed by atoms with Gasteiger partial charge in [-0.3, -0.25) is 0 Å². The zero-order valence-corrected chi connectivity index (χ0v) is 9.01. The Morgan fingerprint density at radius 2 is 2.23 bits per heavy atom. The summed E-state index contributed by atoms with van der Waals surface area (Å²) >= 11 is 0. The van der Waals surface area contributed by atoms with Crippen LogP contribution in [0.25, 0.3) is 0 Å². The molecule has 2 heteroatoms. The minimum atomic E-state index is 0.652. The smallest absolute Gasteiger partial charge is 0.0503 e. The van der Waals surface area contributed by atoms with Crippen LogP contribution in [0, 0.1) is 11.8 Å². The first-order valence-electron chi connectivity index (χ1n) is 5.61.